The Bertz CT molecular complexity index is 434. The van der Waals surface area contributed by atoms with E-state index < -0.39 is 0 Å². The van der Waals surface area contributed by atoms with Crippen molar-refractivity contribution in [1.29, 1.82) is 0 Å². The Morgan fingerprint density at radius 2 is 1.16 bits per heavy atom. The molecule has 0 amide bonds. The lowest BCUT2D eigenvalue weighted by Crippen LogP contribution is -2.31. The minimum absolute atomic E-state index is 0.167. The fourth-order valence-corrected chi connectivity index (χ4v) is 4.18. The van der Waals surface area contributed by atoms with Gasteiger partial charge in [-0.25, -0.2) is 0 Å². The molecule has 1 aromatic heterocycles. The number of nitrogens with zero attached hydrogens (tertiary/aromatic N) is 2. The Balaban J connectivity index is 1.84. The minimum atomic E-state index is 0.167. The van der Waals surface area contributed by atoms with Gasteiger partial charge in [0.15, 0.2) is 5.43 Å². The monoisotopic (exact) mass is 278 g/mol. The lowest BCUT2D eigenvalue weighted by molar-refractivity contribution is 0.578. The molecule has 0 bridgehead atoms. The molecule has 104 valence electrons. The van der Waals surface area contributed by atoms with Gasteiger partial charge in [0.05, 0.1) is 10.0 Å². The second kappa shape index (κ2) is 5.95. The molecule has 1 aromatic rings. The lowest BCUT2D eigenvalue weighted by atomic mass is 10.1. The second-order valence-corrected chi connectivity index (χ2v) is 6.61. The summed E-state index contributed by atoms with van der Waals surface area (Å²) < 4.78 is 0. The van der Waals surface area contributed by atoms with Crippen LogP contribution in [0.25, 0.3) is 0 Å². The zero-order valence-corrected chi connectivity index (χ0v) is 12.3. The van der Waals surface area contributed by atoms with Gasteiger partial charge in [-0.2, -0.15) is 0 Å². The molecule has 2 aliphatic heterocycles. The molecule has 0 unspecified atom stereocenters. The van der Waals surface area contributed by atoms with Gasteiger partial charge in [-0.15, -0.1) is 11.3 Å². The number of hydrogen-bond acceptors (Lipinski definition) is 4. The van der Waals surface area contributed by atoms with Crippen LogP contribution in [0.3, 0.4) is 0 Å². The largest absolute Gasteiger partial charge is 0.363 e. The predicted molar refractivity (Wildman–Crippen MR) is 82.7 cm³/mol. The average molecular weight is 278 g/mol. The van der Waals surface area contributed by atoms with Gasteiger partial charge in [0, 0.05) is 38.3 Å². The van der Waals surface area contributed by atoms with E-state index in [2.05, 4.69) is 9.80 Å². The van der Waals surface area contributed by atoms with Crippen molar-refractivity contribution in [2.75, 3.05) is 36.0 Å². The van der Waals surface area contributed by atoms with Crippen LogP contribution >= 0.6 is 11.3 Å². The standard InChI is InChI=1S/C15H22N2OS/c18-13-11-14(16-7-3-1-4-8-16)19-15(12-13)17-9-5-2-6-10-17/h11-12H,1-10H2. The summed E-state index contributed by atoms with van der Waals surface area (Å²) in [6, 6.07) is 3.65. The van der Waals surface area contributed by atoms with E-state index in [4.69, 9.17) is 0 Å². The van der Waals surface area contributed by atoms with Crippen molar-refractivity contribution in [2.45, 2.75) is 38.5 Å². The van der Waals surface area contributed by atoms with Crippen LogP contribution in [0.1, 0.15) is 38.5 Å². The van der Waals surface area contributed by atoms with Crippen molar-refractivity contribution in [3.8, 4) is 0 Å². The van der Waals surface area contributed by atoms with Gasteiger partial charge in [-0.1, -0.05) is 0 Å². The molecule has 0 spiro atoms. The van der Waals surface area contributed by atoms with Gasteiger partial charge in [0.25, 0.3) is 0 Å². The first kappa shape index (κ1) is 13.0. The molecular formula is C15H22N2OS. The van der Waals surface area contributed by atoms with Crippen LogP contribution in [0, 0.1) is 0 Å². The van der Waals surface area contributed by atoms with E-state index in [0.29, 0.717) is 0 Å². The van der Waals surface area contributed by atoms with Gasteiger partial charge < -0.3 is 9.80 Å². The van der Waals surface area contributed by atoms with Crippen LogP contribution in [-0.4, -0.2) is 26.2 Å². The van der Waals surface area contributed by atoms with E-state index in [1.807, 2.05) is 12.1 Å². The number of anilines is 2. The maximum Gasteiger partial charge on any atom is 0.184 e. The van der Waals surface area contributed by atoms with Crippen molar-refractivity contribution in [1.82, 2.24) is 0 Å². The summed E-state index contributed by atoms with van der Waals surface area (Å²) in [7, 11) is 0. The third kappa shape index (κ3) is 3.11. The predicted octanol–water partition coefficient (Wildman–Crippen LogP) is 3.09. The quantitative estimate of drug-likeness (QED) is 0.830. The number of rotatable bonds is 2. The molecule has 3 nitrogen and oxygen atoms in total. The summed E-state index contributed by atoms with van der Waals surface area (Å²) in [5.74, 6) is 0. The van der Waals surface area contributed by atoms with E-state index in [-0.39, 0.29) is 5.43 Å². The minimum Gasteiger partial charge on any atom is -0.363 e. The molecule has 0 atom stereocenters. The van der Waals surface area contributed by atoms with E-state index in [9.17, 15) is 4.79 Å². The molecule has 3 rings (SSSR count). The summed E-state index contributed by atoms with van der Waals surface area (Å²) in [5, 5.41) is 2.35. The molecule has 3 heterocycles. The highest BCUT2D eigenvalue weighted by Gasteiger charge is 2.16. The summed E-state index contributed by atoms with van der Waals surface area (Å²) in [5.41, 5.74) is 0.167. The normalized spacial score (nSPS) is 20.6. The maximum atomic E-state index is 11.9. The smallest absolute Gasteiger partial charge is 0.184 e. The fraction of sp³-hybridized carbons (Fsp3) is 0.667. The Morgan fingerprint density at radius 3 is 1.58 bits per heavy atom. The number of hydrogen-bond donors (Lipinski definition) is 0. The lowest BCUT2D eigenvalue weighted by Gasteiger charge is -2.31. The summed E-state index contributed by atoms with van der Waals surface area (Å²) in [6.07, 6.45) is 7.70. The van der Waals surface area contributed by atoms with Gasteiger partial charge in [0.2, 0.25) is 0 Å². The first-order chi connectivity index (χ1) is 9.33. The molecule has 0 radical (unpaired) electrons. The van der Waals surface area contributed by atoms with E-state index >= 15 is 0 Å². The Kier molecular flexibility index (Phi) is 4.06. The van der Waals surface area contributed by atoms with Crippen LogP contribution in [0.2, 0.25) is 0 Å². The third-order valence-electron chi connectivity index (χ3n) is 4.08. The molecule has 2 fully saturated rings. The van der Waals surface area contributed by atoms with Crippen molar-refractivity contribution in [2.24, 2.45) is 0 Å². The second-order valence-electron chi connectivity index (χ2n) is 5.56. The molecule has 0 N–H and O–H groups in total. The molecular weight excluding hydrogens is 256 g/mol. The zero-order chi connectivity index (χ0) is 13.1. The molecule has 2 aliphatic rings. The first-order valence-electron chi connectivity index (χ1n) is 7.48. The van der Waals surface area contributed by atoms with Gasteiger partial charge in [-0.05, 0) is 38.5 Å². The Morgan fingerprint density at radius 1 is 0.737 bits per heavy atom. The Labute approximate surface area is 118 Å². The highest BCUT2D eigenvalue weighted by Crippen LogP contribution is 2.31. The SMILES string of the molecule is O=c1cc(N2CCCCC2)sc(N2CCCCC2)c1. The van der Waals surface area contributed by atoms with Crippen molar-refractivity contribution < 1.29 is 0 Å². The van der Waals surface area contributed by atoms with Gasteiger partial charge in [-0.3, -0.25) is 4.79 Å². The molecule has 0 aliphatic carbocycles. The van der Waals surface area contributed by atoms with Crippen LogP contribution in [0.15, 0.2) is 16.9 Å². The van der Waals surface area contributed by atoms with Crippen molar-refractivity contribution >= 4 is 21.3 Å². The van der Waals surface area contributed by atoms with Crippen LogP contribution in [0.5, 0.6) is 0 Å². The average Bonchev–Trinajstić information content (AvgIpc) is 2.48. The van der Waals surface area contributed by atoms with Crippen LogP contribution in [-0.2, 0) is 0 Å². The Hall–Kier alpha value is -1.03. The zero-order valence-electron chi connectivity index (χ0n) is 11.4. The summed E-state index contributed by atoms with van der Waals surface area (Å²) in [6.45, 7) is 4.44. The molecule has 0 saturated carbocycles. The molecule has 4 heteroatoms. The van der Waals surface area contributed by atoms with Gasteiger partial charge in [0.1, 0.15) is 0 Å². The third-order valence-corrected chi connectivity index (χ3v) is 5.25. The topological polar surface area (TPSA) is 23.6 Å². The van der Waals surface area contributed by atoms with Crippen molar-refractivity contribution in [3.05, 3.63) is 22.4 Å². The highest BCUT2D eigenvalue weighted by atomic mass is 32.1. The van der Waals surface area contributed by atoms with E-state index in [0.717, 1.165) is 26.2 Å². The van der Waals surface area contributed by atoms with Crippen molar-refractivity contribution in [3.63, 3.8) is 0 Å². The van der Waals surface area contributed by atoms with Crippen LogP contribution < -0.4 is 15.2 Å². The fourth-order valence-electron chi connectivity index (χ4n) is 2.99. The summed E-state index contributed by atoms with van der Waals surface area (Å²) >= 11 is 1.80. The molecule has 2 saturated heterocycles. The molecule has 0 aromatic carbocycles. The highest BCUT2D eigenvalue weighted by molar-refractivity contribution is 7.19. The first-order valence-corrected chi connectivity index (χ1v) is 8.30. The number of piperidine rings is 2. The van der Waals surface area contributed by atoms with E-state index in [1.54, 1.807) is 11.3 Å². The molecule has 19 heavy (non-hydrogen) atoms. The van der Waals surface area contributed by atoms with E-state index in [1.165, 1.54) is 48.5 Å². The maximum absolute atomic E-state index is 11.9. The van der Waals surface area contributed by atoms with Gasteiger partial charge >= 0.3 is 0 Å². The van der Waals surface area contributed by atoms with Crippen LogP contribution in [0.4, 0.5) is 10.0 Å². The summed E-state index contributed by atoms with van der Waals surface area (Å²) in [4.78, 5) is 16.7.